The van der Waals surface area contributed by atoms with E-state index in [1.807, 2.05) is 0 Å². The van der Waals surface area contributed by atoms with E-state index in [0.717, 1.165) is 38.8 Å². The Morgan fingerprint density at radius 3 is 0.839 bits per heavy atom. The topological polar surface area (TPSA) is 60.4 Å². The van der Waals surface area contributed by atoms with E-state index in [-0.39, 0.29) is 11.9 Å². The van der Waals surface area contributed by atoms with Crippen LogP contribution in [0, 0.1) is 0 Å². The van der Waals surface area contributed by atoms with Crippen LogP contribution in [-0.4, -0.2) is 25.2 Å². The second-order valence-corrected chi connectivity index (χ2v) is 16.4. The van der Waals surface area contributed by atoms with Crippen molar-refractivity contribution in [2.75, 3.05) is 13.2 Å². The van der Waals surface area contributed by atoms with Crippen LogP contribution in [0.2, 0.25) is 0 Å². The lowest BCUT2D eigenvalue weighted by Gasteiger charge is -2.05. The lowest BCUT2D eigenvalue weighted by Crippen LogP contribution is -2.33. The van der Waals surface area contributed by atoms with E-state index >= 15 is 0 Å². The number of hydrogen-bond acceptors (Lipinski definition) is 4. The maximum atomic E-state index is 11.4. The molecule has 314 valence electrons. The number of pyridine rings is 2. The van der Waals surface area contributed by atoms with Crippen molar-refractivity contribution >= 4 is 11.9 Å². The normalized spacial score (nSPS) is 11.1. The largest absolute Gasteiger partial charge is 0.462 e. The molecule has 0 aliphatic carbocycles. The maximum absolute atomic E-state index is 11.4. The van der Waals surface area contributed by atoms with Crippen molar-refractivity contribution in [1.82, 2.24) is 0 Å². The fourth-order valence-corrected chi connectivity index (χ4v) is 7.21. The van der Waals surface area contributed by atoms with Crippen LogP contribution in [0.1, 0.15) is 194 Å². The summed E-state index contributed by atoms with van der Waals surface area (Å²) < 4.78 is 15.0. The summed E-state index contributed by atoms with van der Waals surface area (Å²) in [6.45, 7) is 13.9. The molecule has 0 unspecified atom stereocenters. The van der Waals surface area contributed by atoms with Crippen LogP contribution < -0.4 is 9.13 Å². The molecule has 0 amide bonds. The molecule has 0 bridgehead atoms. The van der Waals surface area contributed by atoms with Gasteiger partial charge in [0.15, 0.2) is 24.8 Å². The number of hydrogen-bond donors (Lipinski definition) is 0. The summed E-state index contributed by atoms with van der Waals surface area (Å²) >= 11 is 0. The van der Waals surface area contributed by atoms with E-state index in [2.05, 4.69) is 71.3 Å². The van der Waals surface area contributed by atoms with Gasteiger partial charge in [-0.05, 0) is 50.7 Å². The molecule has 0 radical (unpaired) electrons. The summed E-state index contributed by atoms with van der Waals surface area (Å²) in [5.74, 6) is -0.524. The van der Waals surface area contributed by atoms with Gasteiger partial charge in [0.05, 0.1) is 13.2 Å². The third-order valence-electron chi connectivity index (χ3n) is 10.9. The summed E-state index contributed by atoms with van der Waals surface area (Å²) in [5.41, 5.74) is 3.56. The van der Waals surface area contributed by atoms with Gasteiger partial charge in [0.25, 0.3) is 0 Å². The molecule has 2 heterocycles. The maximum Gasteiger partial charge on any atom is 0.333 e. The van der Waals surface area contributed by atoms with Gasteiger partial charge in [0, 0.05) is 48.3 Å². The van der Waals surface area contributed by atoms with Crippen molar-refractivity contribution in [3.8, 4) is 11.1 Å². The second kappa shape index (κ2) is 33.8. The van der Waals surface area contributed by atoms with Gasteiger partial charge in [-0.15, -0.1) is 0 Å². The molecule has 2 aromatic rings. The van der Waals surface area contributed by atoms with E-state index in [0.29, 0.717) is 24.4 Å². The van der Waals surface area contributed by atoms with E-state index in [1.54, 1.807) is 13.8 Å². The van der Waals surface area contributed by atoms with Crippen molar-refractivity contribution in [1.29, 1.82) is 0 Å². The molecule has 0 saturated heterocycles. The molecule has 2 rings (SSSR count). The van der Waals surface area contributed by atoms with Crippen LogP contribution in [0.25, 0.3) is 11.1 Å². The van der Waals surface area contributed by atoms with Crippen LogP contribution in [0.3, 0.4) is 0 Å². The summed E-state index contributed by atoms with van der Waals surface area (Å²) in [6, 6.07) is 9.06. The van der Waals surface area contributed by atoms with Crippen molar-refractivity contribution in [3.63, 3.8) is 0 Å². The fourth-order valence-electron chi connectivity index (χ4n) is 7.21. The first-order valence-electron chi connectivity index (χ1n) is 23.0. The first-order chi connectivity index (χ1) is 27.4. The number of aromatic nitrogens is 2. The molecule has 0 saturated carbocycles. The number of rotatable bonds is 37. The van der Waals surface area contributed by atoms with Crippen molar-refractivity contribution in [2.45, 2.75) is 207 Å². The van der Waals surface area contributed by atoms with Crippen LogP contribution in [-0.2, 0) is 32.2 Å². The Bertz CT molecular complexity index is 1200. The lowest BCUT2D eigenvalue weighted by atomic mass is 10.0. The molecular weight excluding hydrogens is 693 g/mol. The Kier molecular flexibility index (Phi) is 29.5. The molecule has 0 spiro atoms. The molecule has 0 aromatic carbocycles. The van der Waals surface area contributed by atoms with Crippen molar-refractivity contribution in [3.05, 3.63) is 73.4 Å². The molecule has 2 aromatic heterocycles. The zero-order valence-electron chi connectivity index (χ0n) is 36.2. The molecule has 0 aliphatic rings. The van der Waals surface area contributed by atoms with E-state index in [9.17, 15) is 9.59 Å². The standard InChI is InChI=1S/C50H82N2O4/c1-45(2)49(53)55-43-31-27-23-19-15-11-7-5-9-13-17-21-25-29-37-51-39-33-47(34-40-51)48-35-41-52(42-36-48)38-30-26-22-18-14-10-6-8-12-16-20-24-28-32-44-56-50(54)46(3)4/h33-36,39-42H,1,3,5-32,37-38,43-44H2,2,4H3/q+2. The van der Waals surface area contributed by atoms with Crippen molar-refractivity contribution < 1.29 is 28.2 Å². The molecule has 0 atom stereocenters. The van der Waals surface area contributed by atoms with Crippen LogP contribution in [0.15, 0.2) is 73.4 Å². The number of unbranched alkanes of at least 4 members (excludes halogenated alkanes) is 26. The van der Waals surface area contributed by atoms with Gasteiger partial charge in [0.1, 0.15) is 13.1 Å². The first kappa shape index (κ1) is 48.9. The fraction of sp³-hybridized carbons (Fsp3) is 0.680. The van der Waals surface area contributed by atoms with Gasteiger partial charge in [0.2, 0.25) is 0 Å². The van der Waals surface area contributed by atoms with Gasteiger partial charge < -0.3 is 9.47 Å². The zero-order valence-corrected chi connectivity index (χ0v) is 36.2. The third-order valence-corrected chi connectivity index (χ3v) is 10.9. The smallest absolute Gasteiger partial charge is 0.333 e. The highest BCUT2D eigenvalue weighted by molar-refractivity contribution is 5.87. The van der Waals surface area contributed by atoms with Gasteiger partial charge in [-0.3, -0.25) is 0 Å². The van der Waals surface area contributed by atoms with Crippen LogP contribution in [0.5, 0.6) is 0 Å². The minimum absolute atomic E-state index is 0.262. The van der Waals surface area contributed by atoms with E-state index < -0.39 is 0 Å². The third kappa shape index (κ3) is 26.6. The number of esters is 2. The molecule has 6 nitrogen and oxygen atoms in total. The van der Waals surface area contributed by atoms with Gasteiger partial charge in [-0.25, -0.2) is 18.7 Å². The van der Waals surface area contributed by atoms with E-state index in [1.165, 1.54) is 165 Å². The molecule has 6 heteroatoms. The Morgan fingerprint density at radius 2 is 0.607 bits per heavy atom. The summed E-state index contributed by atoms with van der Waals surface area (Å²) in [7, 11) is 0. The quantitative estimate of drug-likeness (QED) is 0.0297. The van der Waals surface area contributed by atoms with Crippen LogP contribution in [0.4, 0.5) is 0 Å². The summed E-state index contributed by atoms with van der Waals surface area (Å²) in [5, 5.41) is 0. The van der Waals surface area contributed by atoms with Gasteiger partial charge in [-0.1, -0.05) is 154 Å². The van der Waals surface area contributed by atoms with Crippen molar-refractivity contribution in [2.24, 2.45) is 0 Å². The predicted molar refractivity (Wildman–Crippen MR) is 233 cm³/mol. The molecule has 0 aliphatic heterocycles. The highest BCUT2D eigenvalue weighted by atomic mass is 16.5. The molecular formula is C50H82N2O4+2. The molecule has 56 heavy (non-hydrogen) atoms. The lowest BCUT2D eigenvalue weighted by molar-refractivity contribution is -0.697. The van der Waals surface area contributed by atoms with Gasteiger partial charge >= 0.3 is 11.9 Å². The van der Waals surface area contributed by atoms with E-state index in [4.69, 9.17) is 9.47 Å². The molecule has 0 fully saturated rings. The number of carbonyl (C=O) groups is 2. The summed E-state index contributed by atoms with van der Waals surface area (Å²) in [4.78, 5) is 22.7. The predicted octanol–water partition coefficient (Wildman–Crippen LogP) is 13.1. The number of ether oxygens (including phenoxy) is 2. The Labute approximate surface area is 343 Å². The number of nitrogens with zero attached hydrogens (tertiary/aromatic N) is 2. The zero-order chi connectivity index (χ0) is 40.3. The highest BCUT2D eigenvalue weighted by Crippen LogP contribution is 2.17. The van der Waals surface area contributed by atoms with Crippen LogP contribution >= 0.6 is 0 Å². The number of aryl methyl sites for hydroxylation is 2. The summed E-state index contributed by atoms with van der Waals surface area (Å²) in [6.07, 6.45) is 45.3. The Hall–Kier alpha value is -3.28. The first-order valence-corrected chi connectivity index (χ1v) is 23.0. The minimum Gasteiger partial charge on any atom is -0.462 e. The SMILES string of the molecule is C=C(C)C(=O)OCCCCCCCCCCCCCCCC[n+]1ccc(-c2cc[n+](CCCCCCCCCCCCCCCCOC(=O)C(=C)C)cc2)cc1. The van der Waals surface area contributed by atoms with Gasteiger partial charge in [-0.2, -0.15) is 0 Å². The Morgan fingerprint density at radius 1 is 0.393 bits per heavy atom. The Balaban J connectivity index is 1.36. The second-order valence-electron chi connectivity index (χ2n) is 16.4. The minimum atomic E-state index is -0.262. The monoisotopic (exact) mass is 775 g/mol. The average molecular weight is 775 g/mol. The number of carbonyl (C=O) groups excluding carboxylic acids is 2. The highest BCUT2D eigenvalue weighted by Gasteiger charge is 2.07. The average Bonchev–Trinajstić information content (AvgIpc) is 3.20. The molecule has 0 N–H and O–H groups in total.